The molecule has 1 saturated heterocycles. The van der Waals surface area contributed by atoms with Gasteiger partial charge in [0.1, 0.15) is 0 Å². The SMILES string of the molecule is Cc1ccc(C(=O)OCC(=O)Nc2cc(Cl)cc(Cl)c2)cc1S(=O)(=O)N1CCCCC1. The molecular weight excluding hydrogens is 463 g/mol. The van der Waals surface area contributed by atoms with Crippen molar-refractivity contribution in [3.63, 3.8) is 0 Å². The highest BCUT2D eigenvalue weighted by Crippen LogP contribution is 2.25. The van der Waals surface area contributed by atoms with Crippen molar-refractivity contribution in [1.82, 2.24) is 4.31 Å². The number of benzene rings is 2. The second-order valence-corrected chi connectivity index (χ2v) is 10.0. The Bertz CT molecular complexity index is 1080. The van der Waals surface area contributed by atoms with E-state index in [1.807, 2.05) is 0 Å². The van der Waals surface area contributed by atoms with Crippen LogP contribution in [-0.4, -0.2) is 44.3 Å². The van der Waals surface area contributed by atoms with E-state index in [0.717, 1.165) is 19.3 Å². The van der Waals surface area contributed by atoms with Gasteiger partial charge in [0.15, 0.2) is 6.61 Å². The van der Waals surface area contributed by atoms with Crippen LogP contribution in [0.15, 0.2) is 41.3 Å². The summed E-state index contributed by atoms with van der Waals surface area (Å²) in [5.41, 5.74) is 0.960. The number of esters is 1. The highest BCUT2D eigenvalue weighted by Gasteiger charge is 2.28. The van der Waals surface area contributed by atoms with Gasteiger partial charge in [0, 0.05) is 28.8 Å². The van der Waals surface area contributed by atoms with Crippen molar-refractivity contribution in [3.8, 4) is 0 Å². The zero-order valence-electron chi connectivity index (χ0n) is 16.9. The standard InChI is InChI=1S/C21H22Cl2N2O5S/c1-14-5-6-15(9-19(14)31(28,29)25-7-3-2-4-8-25)21(27)30-13-20(26)24-18-11-16(22)10-17(23)12-18/h5-6,9-12H,2-4,7-8,13H2,1H3,(H,24,26). The van der Waals surface area contributed by atoms with E-state index in [9.17, 15) is 18.0 Å². The number of rotatable bonds is 6. The van der Waals surface area contributed by atoms with E-state index in [1.54, 1.807) is 13.0 Å². The minimum atomic E-state index is -3.71. The highest BCUT2D eigenvalue weighted by molar-refractivity contribution is 7.89. The summed E-state index contributed by atoms with van der Waals surface area (Å²) in [7, 11) is -3.71. The molecule has 0 saturated carbocycles. The van der Waals surface area contributed by atoms with Crippen molar-refractivity contribution in [3.05, 3.63) is 57.6 Å². The van der Waals surface area contributed by atoms with Crippen molar-refractivity contribution >= 4 is 50.8 Å². The molecule has 1 aliphatic heterocycles. The fourth-order valence-corrected chi connectivity index (χ4v) is 5.58. The number of carbonyl (C=O) groups is 2. The van der Waals surface area contributed by atoms with Crippen LogP contribution in [0.1, 0.15) is 35.2 Å². The van der Waals surface area contributed by atoms with Crippen molar-refractivity contribution < 1.29 is 22.7 Å². The predicted molar refractivity (Wildman–Crippen MR) is 119 cm³/mol. The van der Waals surface area contributed by atoms with Gasteiger partial charge in [-0.2, -0.15) is 4.31 Å². The molecule has 7 nitrogen and oxygen atoms in total. The lowest BCUT2D eigenvalue weighted by Crippen LogP contribution is -2.36. The first-order valence-corrected chi connectivity index (χ1v) is 11.9. The monoisotopic (exact) mass is 484 g/mol. The van der Waals surface area contributed by atoms with Crippen LogP contribution in [0, 0.1) is 6.92 Å². The third-order valence-corrected chi connectivity index (χ3v) is 7.31. The lowest BCUT2D eigenvalue weighted by molar-refractivity contribution is -0.119. The quantitative estimate of drug-likeness (QED) is 0.617. The Hall–Kier alpha value is -2.13. The number of piperidine rings is 1. The number of nitrogens with one attached hydrogen (secondary N) is 1. The zero-order chi connectivity index (χ0) is 22.6. The highest BCUT2D eigenvalue weighted by atomic mass is 35.5. The van der Waals surface area contributed by atoms with E-state index in [4.69, 9.17) is 27.9 Å². The van der Waals surface area contributed by atoms with Gasteiger partial charge < -0.3 is 10.1 Å². The minimum Gasteiger partial charge on any atom is -0.452 e. The van der Waals surface area contributed by atoms with Crippen LogP contribution in [0.2, 0.25) is 10.0 Å². The molecule has 1 heterocycles. The molecule has 2 aromatic rings. The van der Waals surface area contributed by atoms with Gasteiger partial charge in [-0.3, -0.25) is 4.79 Å². The number of nitrogens with zero attached hydrogens (tertiary/aromatic N) is 1. The van der Waals surface area contributed by atoms with Crippen LogP contribution < -0.4 is 5.32 Å². The van der Waals surface area contributed by atoms with Crippen LogP contribution in [0.5, 0.6) is 0 Å². The Kier molecular flexibility index (Phi) is 7.59. The number of halogens is 2. The third kappa shape index (κ3) is 5.98. The maximum Gasteiger partial charge on any atom is 0.338 e. The molecule has 3 rings (SSSR count). The number of hydrogen-bond donors (Lipinski definition) is 1. The number of anilines is 1. The molecule has 0 unspecified atom stereocenters. The maximum atomic E-state index is 13.0. The third-order valence-electron chi connectivity index (χ3n) is 4.84. The topological polar surface area (TPSA) is 92.8 Å². The van der Waals surface area contributed by atoms with E-state index in [-0.39, 0.29) is 10.5 Å². The average Bonchev–Trinajstić information content (AvgIpc) is 2.72. The summed E-state index contributed by atoms with van der Waals surface area (Å²) >= 11 is 11.8. The van der Waals surface area contributed by atoms with Crippen molar-refractivity contribution in [2.24, 2.45) is 0 Å². The first-order chi connectivity index (χ1) is 14.7. The molecule has 2 aromatic carbocycles. The van der Waals surface area contributed by atoms with E-state index >= 15 is 0 Å². The summed E-state index contributed by atoms with van der Waals surface area (Å²) in [6.07, 6.45) is 2.63. The number of amides is 1. The molecule has 1 N–H and O–H groups in total. The van der Waals surface area contributed by atoms with E-state index in [1.165, 1.54) is 34.6 Å². The molecule has 1 aliphatic rings. The molecule has 166 valence electrons. The number of ether oxygens (including phenoxy) is 1. The number of hydrogen-bond acceptors (Lipinski definition) is 5. The van der Waals surface area contributed by atoms with Crippen molar-refractivity contribution in [2.75, 3.05) is 25.0 Å². The Balaban J connectivity index is 1.68. The molecule has 0 radical (unpaired) electrons. The molecule has 0 aliphatic carbocycles. The second-order valence-electron chi connectivity index (χ2n) is 7.23. The summed E-state index contributed by atoms with van der Waals surface area (Å²) in [5.74, 6) is -1.38. The Labute approximate surface area is 191 Å². The van der Waals surface area contributed by atoms with E-state index < -0.39 is 28.5 Å². The second kappa shape index (κ2) is 9.99. The fraction of sp³-hybridized carbons (Fsp3) is 0.333. The minimum absolute atomic E-state index is 0.0554. The fourth-order valence-electron chi connectivity index (χ4n) is 3.29. The van der Waals surface area contributed by atoms with Gasteiger partial charge in [-0.1, -0.05) is 35.7 Å². The van der Waals surface area contributed by atoms with Crippen LogP contribution in [-0.2, 0) is 19.6 Å². The van der Waals surface area contributed by atoms with Crippen LogP contribution in [0.3, 0.4) is 0 Å². The summed E-state index contributed by atoms with van der Waals surface area (Å²) in [6, 6.07) is 8.86. The van der Waals surface area contributed by atoms with Gasteiger partial charge in [0.25, 0.3) is 5.91 Å². The molecular formula is C21H22Cl2N2O5S. The van der Waals surface area contributed by atoms with E-state index in [0.29, 0.717) is 34.4 Å². The van der Waals surface area contributed by atoms with Gasteiger partial charge in [-0.05, 0) is 55.7 Å². The molecule has 0 bridgehead atoms. The summed E-state index contributed by atoms with van der Waals surface area (Å²) in [4.78, 5) is 24.6. The molecule has 0 spiro atoms. The van der Waals surface area contributed by atoms with Crippen LogP contribution in [0.25, 0.3) is 0 Å². The molecule has 0 atom stereocenters. The smallest absolute Gasteiger partial charge is 0.338 e. The van der Waals surface area contributed by atoms with Gasteiger partial charge in [0.05, 0.1) is 10.5 Å². The van der Waals surface area contributed by atoms with Crippen LogP contribution in [0.4, 0.5) is 5.69 Å². The van der Waals surface area contributed by atoms with Crippen molar-refractivity contribution in [2.45, 2.75) is 31.1 Å². The van der Waals surface area contributed by atoms with Crippen molar-refractivity contribution in [1.29, 1.82) is 0 Å². The lowest BCUT2D eigenvalue weighted by atomic mass is 10.1. The first-order valence-electron chi connectivity index (χ1n) is 9.71. The lowest BCUT2D eigenvalue weighted by Gasteiger charge is -2.26. The largest absolute Gasteiger partial charge is 0.452 e. The molecule has 10 heteroatoms. The Morgan fingerprint density at radius 1 is 1.03 bits per heavy atom. The molecule has 0 aromatic heterocycles. The molecule has 1 fully saturated rings. The number of sulfonamides is 1. The molecule has 1 amide bonds. The summed E-state index contributed by atoms with van der Waals surface area (Å²) < 4.78 is 32.5. The van der Waals surface area contributed by atoms with Gasteiger partial charge in [0.2, 0.25) is 10.0 Å². The zero-order valence-corrected chi connectivity index (χ0v) is 19.2. The number of carbonyl (C=O) groups excluding carboxylic acids is 2. The predicted octanol–water partition coefficient (Wildman–Crippen LogP) is 4.27. The normalized spacial score (nSPS) is 14.8. The van der Waals surface area contributed by atoms with E-state index in [2.05, 4.69) is 5.32 Å². The first kappa shape index (κ1) is 23.5. The Morgan fingerprint density at radius 3 is 2.32 bits per heavy atom. The Morgan fingerprint density at radius 2 is 1.68 bits per heavy atom. The number of aryl methyl sites for hydroxylation is 1. The average molecular weight is 485 g/mol. The summed E-state index contributed by atoms with van der Waals surface area (Å²) in [6.45, 7) is 2.05. The van der Waals surface area contributed by atoms with Gasteiger partial charge in [-0.25, -0.2) is 13.2 Å². The maximum absolute atomic E-state index is 13.0. The van der Waals surface area contributed by atoms with Gasteiger partial charge >= 0.3 is 5.97 Å². The van der Waals surface area contributed by atoms with Gasteiger partial charge in [-0.15, -0.1) is 0 Å². The molecule has 31 heavy (non-hydrogen) atoms. The van der Waals surface area contributed by atoms with Crippen LogP contribution >= 0.6 is 23.2 Å². The summed E-state index contributed by atoms with van der Waals surface area (Å²) in [5, 5.41) is 3.23.